The molecule has 7 nitrogen and oxygen atoms in total. The van der Waals surface area contributed by atoms with Crippen LogP contribution in [0.3, 0.4) is 0 Å². The van der Waals surface area contributed by atoms with Gasteiger partial charge in [-0.15, -0.1) is 5.10 Å². The molecule has 1 amide bonds. The largest absolute Gasteiger partial charge is 0.480 e. The van der Waals surface area contributed by atoms with E-state index in [0.29, 0.717) is 25.1 Å². The van der Waals surface area contributed by atoms with Crippen molar-refractivity contribution in [3.05, 3.63) is 11.6 Å². The number of nitrogens with one attached hydrogen (secondary N) is 2. The highest BCUT2D eigenvalue weighted by Crippen LogP contribution is 2.32. The maximum absolute atomic E-state index is 12.1. The highest BCUT2D eigenvalue weighted by molar-refractivity contribution is 5.95. The number of hydrogen-bond donors (Lipinski definition) is 3. The van der Waals surface area contributed by atoms with E-state index in [1.54, 1.807) is 0 Å². The van der Waals surface area contributed by atoms with E-state index in [4.69, 9.17) is 0 Å². The van der Waals surface area contributed by atoms with Crippen molar-refractivity contribution in [2.75, 3.05) is 0 Å². The maximum atomic E-state index is 12.1. The lowest BCUT2D eigenvalue weighted by molar-refractivity contribution is -0.146. The Morgan fingerprint density at radius 1 is 1.55 bits per heavy atom. The van der Waals surface area contributed by atoms with Gasteiger partial charge in [-0.05, 0) is 18.8 Å². The van der Waals surface area contributed by atoms with E-state index in [-0.39, 0.29) is 11.7 Å². The summed E-state index contributed by atoms with van der Waals surface area (Å²) >= 11 is 0. The Balaban J connectivity index is 2.15. The van der Waals surface area contributed by atoms with E-state index in [0.717, 1.165) is 12.8 Å². The minimum atomic E-state index is -1.19. The third kappa shape index (κ3) is 2.81. The predicted molar refractivity (Wildman–Crippen MR) is 71.2 cm³/mol. The van der Waals surface area contributed by atoms with E-state index in [9.17, 15) is 14.7 Å². The van der Waals surface area contributed by atoms with Gasteiger partial charge in [-0.25, -0.2) is 9.78 Å². The first-order chi connectivity index (χ1) is 9.47. The molecule has 1 aliphatic carbocycles. The molecule has 110 valence electrons. The molecule has 2 atom stereocenters. The van der Waals surface area contributed by atoms with Gasteiger partial charge < -0.3 is 10.4 Å². The first kappa shape index (κ1) is 14.5. The molecule has 20 heavy (non-hydrogen) atoms. The predicted octanol–water partition coefficient (Wildman–Crippen LogP) is 1.13. The van der Waals surface area contributed by atoms with Gasteiger partial charge in [0.1, 0.15) is 11.4 Å². The smallest absolute Gasteiger partial charge is 0.329 e. The molecule has 2 unspecified atom stereocenters. The zero-order valence-electron chi connectivity index (χ0n) is 11.8. The van der Waals surface area contributed by atoms with Crippen molar-refractivity contribution in [1.29, 1.82) is 0 Å². The van der Waals surface area contributed by atoms with Crippen LogP contribution in [0.15, 0.2) is 0 Å². The first-order valence-corrected chi connectivity index (χ1v) is 6.94. The second kappa shape index (κ2) is 5.60. The topological polar surface area (TPSA) is 108 Å². The number of carboxylic acid groups (broad SMARTS) is 1. The highest BCUT2D eigenvalue weighted by Gasteiger charge is 2.43. The Morgan fingerprint density at radius 3 is 2.85 bits per heavy atom. The van der Waals surface area contributed by atoms with Crippen molar-refractivity contribution in [3.8, 4) is 0 Å². The highest BCUT2D eigenvalue weighted by atomic mass is 16.4. The maximum Gasteiger partial charge on any atom is 0.329 e. The number of aliphatic carboxylic acids is 1. The average molecular weight is 280 g/mol. The molecule has 1 aromatic heterocycles. The van der Waals surface area contributed by atoms with Crippen LogP contribution in [-0.2, 0) is 11.2 Å². The fourth-order valence-electron chi connectivity index (χ4n) is 2.74. The summed E-state index contributed by atoms with van der Waals surface area (Å²) in [5.74, 6) is -0.628. The van der Waals surface area contributed by atoms with Crippen LogP contribution in [0.4, 0.5) is 0 Å². The number of amides is 1. The minimum absolute atomic E-state index is 0.000650. The molecule has 0 bridgehead atoms. The number of aromatic amines is 1. The summed E-state index contributed by atoms with van der Waals surface area (Å²) in [6.07, 6.45) is 3.32. The van der Waals surface area contributed by atoms with Crippen molar-refractivity contribution in [2.24, 2.45) is 5.92 Å². The lowest BCUT2D eigenvalue weighted by Crippen LogP contribution is -2.57. The third-order valence-corrected chi connectivity index (χ3v) is 3.83. The van der Waals surface area contributed by atoms with Crippen LogP contribution >= 0.6 is 0 Å². The number of carbonyl (C=O) groups excluding carboxylic acids is 1. The number of hydrogen-bond acceptors (Lipinski definition) is 4. The number of carbonyl (C=O) groups is 2. The van der Waals surface area contributed by atoms with Gasteiger partial charge in [0.05, 0.1) is 0 Å². The molecule has 2 rings (SSSR count). The summed E-state index contributed by atoms with van der Waals surface area (Å²) in [5.41, 5.74) is -1.19. The molecule has 1 fully saturated rings. The normalized spacial score (nSPS) is 26.2. The van der Waals surface area contributed by atoms with Crippen molar-refractivity contribution in [2.45, 2.75) is 51.5 Å². The quantitative estimate of drug-likeness (QED) is 0.766. The Labute approximate surface area is 117 Å². The third-order valence-electron chi connectivity index (χ3n) is 3.83. The summed E-state index contributed by atoms with van der Waals surface area (Å²) in [4.78, 5) is 27.8. The fraction of sp³-hybridized carbons (Fsp3) is 0.692. The van der Waals surface area contributed by atoms with Crippen LogP contribution in [0.1, 0.15) is 56.0 Å². The van der Waals surface area contributed by atoms with Crippen molar-refractivity contribution in [3.63, 3.8) is 0 Å². The van der Waals surface area contributed by atoms with Gasteiger partial charge in [0, 0.05) is 6.42 Å². The molecule has 0 radical (unpaired) electrons. The minimum Gasteiger partial charge on any atom is -0.480 e. The van der Waals surface area contributed by atoms with E-state index in [1.165, 1.54) is 0 Å². The van der Waals surface area contributed by atoms with Crippen LogP contribution in [-0.4, -0.2) is 37.7 Å². The summed E-state index contributed by atoms with van der Waals surface area (Å²) < 4.78 is 0. The van der Waals surface area contributed by atoms with Crippen LogP contribution in [0.5, 0.6) is 0 Å². The molecular formula is C13H20N4O3. The van der Waals surface area contributed by atoms with Crippen molar-refractivity contribution < 1.29 is 14.7 Å². The van der Waals surface area contributed by atoms with E-state index >= 15 is 0 Å². The van der Waals surface area contributed by atoms with Crippen LogP contribution < -0.4 is 5.32 Å². The molecule has 0 aromatic carbocycles. The Hall–Kier alpha value is -1.92. The fourth-order valence-corrected chi connectivity index (χ4v) is 2.74. The summed E-state index contributed by atoms with van der Waals surface area (Å²) in [5, 5.41) is 18.6. The zero-order chi connectivity index (χ0) is 14.8. The molecule has 1 aromatic rings. The SMILES string of the molecule is CCc1nc(C(=O)NC2(C(=O)O)CCCC(C)C2)n[nH]1. The lowest BCUT2D eigenvalue weighted by atomic mass is 9.76. The zero-order valence-corrected chi connectivity index (χ0v) is 11.8. The second-order valence-electron chi connectivity index (χ2n) is 5.50. The van der Waals surface area contributed by atoms with Gasteiger partial charge in [-0.3, -0.25) is 9.89 Å². The molecule has 1 saturated carbocycles. The Morgan fingerprint density at radius 2 is 2.30 bits per heavy atom. The van der Waals surface area contributed by atoms with Crippen molar-refractivity contribution in [1.82, 2.24) is 20.5 Å². The molecule has 7 heteroatoms. The summed E-state index contributed by atoms with van der Waals surface area (Å²) in [6, 6.07) is 0. The van der Waals surface area contributed by atoms with E-state index in [1.807, 2.05) is 13.8 Å². The number of aromatic nitrogens is 3. The van der Waals surface area contributed by atoms with Crippen LogP contribution in [0.25, 0.3) is 0 Å². The molecule has 0 aliphatic heterocycles. The molecule has 0 saturated heterocycles. The lowest BCUT2D eigenvalue weighted by Gasteiger charge is -2.36. The van der Waals surface area contributed by atoms with Gasteiger partial charge in [-0.2, -0.15) is 0 Å². The number of rotatable bonds is 4. The first-order valence-electron chi connectivity index (χ1n) is 6.94. The summed E-state index contributed by atoms with van der Waals surface area (Å²) in [6.45, 7) is 3.90. The van der Waals surface area contributed by atoms with Gasteiger partial charge >= 0.3 is 5.97 Å². The number of aryl methyl sites for hydroxylation is 1. The monoisotopic (exact) mass is 280 g/mol. The second-order valence-corrected chi connectivity index (χ2v) is 5.50. The molecule has 3 N–H and O–H groups in total. The van der Waals surface area contributed by atoms with E-state index < -0.39 is 17.4 Å². The standard InChI is InChI=1S/C13H20N4O3/c1-3-9-14-10(17-16-9)11(18)15-13(12(19)20)6-4-5-8(2)7-13/h8H,3-7H2,1-2H3,(H,15,18)(H,19,20)(H,14,16,17). The van der Waals surface area contributed by atoms with Crippen LogP contribution in [0, 0.1) is 5.92 Å². The average Bonchev–Trinajstić information content (AvgIpc) is 2.87. The molecular weight excluding hydrogens is 260 g/mol. The molecule has 1 aliphatic rings. The van der Waals surface area contributed by atoms with Gasteiger partial charge in [0.25, 0.3) is 5.91 Å². The van der Waals surface area contributed by atoms with E-state index in [2.05, 4.69) is 20.5 Å². The molecule has 0 spiro atoms. The Bertz CT molecular complexity index is 513. The van der Waals surface area contributed by atoms with Crippen LogP contribution in [0.2, 0.25) is 0 Å². The van der Waals surface area contributed by atoms with Gasteiger partial charge in [0.15, 0.2) is 0 Å². The summed E-state index contributed by atoms with van der Waals surface area (Å²) in [7, 11) is 0. The number of H-pyrrole nitrogens is 1. The van der Waals surface area contributed by atoms with Gasteiger partial charge in [-0.1, -0.05) is 26.7 Å². The number of carboxylic acids is 1. The van der Waals surface area contributed by atoms with Gasteiger partial charge in [0.2, 0.25) is 5.82 Å². The molecule has 1 heterocycles. The Kier molecular flexibility index (Phi) is 4.06. The number of nitrogens with zero attached hydrogens (tertiary/aromatic N) is 2. The van der Waals surface area contributed by atoms with Crippen molar-refractivity contribution >= 4 is 11.9 Å².